The van der Waals surface area contributed by atoms with Gasteiger partial charge < -0.3 is 19.3 Å². The second-order valence-electron chi connectivity index (χ2n) is 9.98. The van der Waals surface area contributed by atoms with Crippen LogP contribution in [0.4, 0.5) is 0 Å². The van der Waals surface area contributed by atoms with Gasteiger partial charge in [0.15, 0.2) is 18.2 Å². The van der Waals surface area contributed by atoms with E-state index >= 15 is 0 Å². The number of hydrogen-bond acceptors (Lipinski definition) is 6. The topological polar surface area (TPSA) is 83.5 Å². The van der Waals surface area contributed by atoms with Crippen LogP contribution in [0.1, 0.15) is 75.4 Å². The van der Waals surface area contributed by atoms with Gasteiger partial charge in [-0.25, -0.2) is 14.6 Å². The van der Waals surface area contributed by atoms with E-state index in [1.807, 2.05) is 13.8 Å². The fourth-order valence-electron chi connectivity index (χ4n) is 6.20. The third kappa shape index (κ3) is 3.33. The van der Waals surface area contributed by atoms with Gasteiger partial charge in [0.1, 0.15) is 0 Å². The molecule has 0 radical (unpaired) electrons. The fraction of sp³-hybridized carbons (Fsp3) is 0.708. The molecule has 4 saturated heterocycles. The Morgan fingerprint density at radius 1 is 1.13 bits per heavy atom. The highest BCUT2D eigenvalue weighted by Gasteiger charge is 2.69. The standard InChI is InChI=1S/C24H32O7/c1-13-5-10-19-14(2)21(27-15(3)16-6-8-17(9-7-16)20(25)26)28-22-24(19)18(13)11-12-23(4,29-22)30-31-24/h6-9,13-15,18-19,21-22H,5,10-12H2,1-4H3,(H,25,26)/t13-,14-,15-,18+,19+,21+,22-,23-,24-/m1/s1. The first-order valence-electron chi connectivity index (χ1n) is 11.4. The average molecular weight is 433 g/mol. The second kappa shape index (κ2) is 7.52. The number of benzene rings is 1. The molecule has 4 heterocycles. The molecule has 0 aromatic heterocycles. The van der Waals surface area contributed by atoms with E-state index in [2.05, 4.69) is 13.8 Å². The summed E-state index contributed by atoms with van der Waals surface area (Å²) in [5.41, 5.74) is 0.571. The van der Waals surface area contributed by atoms with E-state index < -0.39 is 29.9 Å². The van der Waals surface area contributed by atoms with E-state index in [0.29, 0.717) is 11.8 Å². The molecule has 5 aliphatic rings. The molecule has 0 amide bonds. The van der Waals surface area contributed by atoms with Crippen molar-refractivity contribution in [3.8, 4) is 0 Å². The number of rotatable bonds is 4. The minimum Gasteiger partial charge on any atom is -0.478 e. The highest BCUT2D eigenvalue weighted by Crippen LogP contribution is 2.60. The Bertz CT molecular complexity index is 841. The van der Waals surface area contributed by atoms with Crippen LogP contribution >= 0.6 is 0 Å². The summed E-state index contributed by atoms with van der Waals surface area (Å²) in [5.74, 6) is -0.590. The van der Waals surface area contributed by atoms with Crippen molar-refractivity contribution in [2.75, 3.05) is 0 Å². The van der Waals surface area contributed by atoms with Gasteiger partial charge >= 0.3 is 5.97 Å². The Morgan fingerprint density at radius 3 is 2.58 bits per heavy atom. The first-order chi connectivity index (χ1) is 14.7. The summed E-state index contributed by atoms with van der Waals surface area (Å²) in [6.07, 6.45) is 2.71. The molecular formula is C24H32O7. The molecule has 1 spiro atoms. The van der Waals surface area contributed by atoms with Crippen molar-refractivity contribution in [3.63, 3.8) is 0 Å². The summed E-state index contributed by atoms with van der Waals surface area (Å²) in [7, 11) is 0. The smallest absolute Gasteiger partial charge is 0.335 e. The Hall–Kier alpha value is -1.51. The molecule has 9 atom stereocenters. The molecule has 5 fully saturated rings. The minimum atomic E-state index is -0.938. The van der Waals surface area contributed by atoms with Crippen LogP contribution in [0.15, 0.2) is 24.3 Å². The van der Waals surface area contributed by atoms with Gasteiger partial charge in [0.25, 0.3) is 0 Å². The van der Waals surface area contributed by atoms with Crippen LogP contribution in [-0.2, 0) is 24.0 Å². The molecule has 1 aromatic carbocycles. The van der Waals surface area contributed by atoms with E-state index in [9.17, 15) is 4.79 Å². The number of carboxylic acid groups (broad SMARTS) is 1. The first kappa shape index (κ1) is 21.3. The van der Waals surface area contributed by atoms with Gasteiger partial charge in [-0.05, 0) is 62.6 Å². The maximum absolute atomic E-state index is 11.1. The zero-order chi connectivity index (χ0) is 22.0. The van der Waals surface area contributed by atoms with Crippen LogP contribution in [0.25, 0.3) is 0 Å². The van der Waals surface area contributed by atoms with Gasteiger partial charge in [0.2, 0.25) is 5.79 Å². The fourth-order valence-corrected chi connectivity index (χ4v) is 6.20. The van der Waals surface area contributed by atoms with E-state index in [1.54, 1.807) is 24.3 Å². The lowest BCUT2D eigenvalue weighted by molar-refractivity contribution is -0.578. The Morgan fingerprint density at radius 2 is 1.87 bits per heavy atom. The maximum atomic E-state index is 11.1. The highest BCUT2D eigenvalue weighted by molar-refractivity contribution is 5.87. The predicted octanol–water partition coefficient (Wildman–Crippen LogP) is 4.67. The van der Waals surface area contributed by atoms with Crippen molar-refractivity contribution >= 4 is 5.97 Å². The zero-order valence-electron chi connectivity index (χ0n) is 18.6. The Kier molecular flexibility index (Phi) is 5.18. The monoisotopic (exact) mass is 432 g/mol. The predicted molar refractivity (Wildman–Crippen MR) is 110 cm³/mol. The number of carboxylic acids is 1. The summed E-state index contributed by atoms with van der Waals surface area (Å²) in [4.78, 5) is 23.2. The SMILES string of the molecule is C[C@H]1[C@@H](O[C@H](C)c2ccc(C(=O)O)cc2)O[C@@H]2O[C@@]3(C)CC[C@H]4[C@H](C)CC[C@@H]1[C@@]24OO3. The lowest BCUT2D eigenvalue weighted by atomic mass is 9.58. The van der Waals surface area contributed by atoms with Crippen LogP contribution in [0.5, 0.6) is 0 Å². The second-order valence-corrected chi connectivity index (χ2v) is 9.98. The van der Waals surface area contributed by atoms with Gasteiger partial charge in [0.05, 0.1) is 11.7 Å². The molecule has 170 valence electrons. The lowest BCUT2D eigenvalue weighted by Gasteiger charge is -2.60. The Balaban J connectivity index is 1.40. The van der Waals surface area contributed by atoms with Crippen molar-refractivity contribution in [3.05, 3.63) is 35.4 Å². The number of aromatic carboxylic acids is 1. The zero-order valence-corrected chi connectivity index (χ0v) is 18.6. The quantitative estimate of drug-likeness (QED) is 0.692. The largest absolute Gasteiger partial charge is 0.478 e. The normalized spacial score (nSPS) is 44.9. The highest BCUT2D eigenvalue weighted by atomic mass is 17.3. The number of hydrogen-bond donors (Lipinski definition) is 1. The van der Waals surface area contributed by atoms with E-state index in [-0.39, 0.29) is 23.5 Å². The molecule has 6 rings (SSSR count). The van der Waals surface area contributed by atoms with Gasteiger partial charge in [-0.15, -0.1) is 0 Å². The lowest BCUT2D eigenvalue weighted by Crippen LogP contribution is -2.70. The van der Waals surface area contributed by atoms with Crippen molar-refractivity contribution < 1.29 is 33.9 Å². The van der Waals surface area contributed by atoms with Crippen LogP contribution in [-0.4, -0.2) is 35.0 Å². The molecule has 1 N–H and O–H groups in total. The van der Waals surface area contributed by atoms with Gasteiger partial charge in [-0.3, -0.25) is 0 Å². The third-order valence-electron chi connectivity index (χ3n) is 8.06. The maximum Gasteiger partial charge on any atom is 0.335 e. The summed E-state index contributed by atoms with van der Waals surface area (Å²) >= 11 is 0. The molecule has 4 aliphatic heterocycles. The minimum absolute atomic E-state index is 0.0987. The summed E-state index contributed by atoms with van der Waals surface area (Å²) in [6.45, 7) is 8.34. The van der Waals surface area contributed by atoms with Crippen molar-refractivity contribution in [1.29, 1.82) is 0 Å². The van der Waals surface area contributed by atoms with Gasteiger partial charge in [0, 0.05) is 18.3 Å². The molecule has 7 nitrogen and oxygen atoms in total. The molecule has 1 saturated carbocycles. The molecule has 31 heavy (non-hydrogen) atoms. The third-order valence-corrected chi connectivity index (χ3v) is 8.06. The van der Waals surface area contributed by atoms with Crippen molar-refractivity contribution in [1.82, 2.24) is 0 Å². The summed E-state index contributed by atoms with van der Waals surface area (Å²) < 4.78 is 19.2. The molecular weight excluding hydrogens is 400 g/mol. The van der Waals surface area contributed by atoms with Crippen LogP contribution < -0.4 is 0 Å². The molecule has 2 bridgehead atoms. The molecule has 0 unspecified atom stereocenters. The van der Waals surface area contributed by atoms with Crippen LogP contribution in [0.2, 0.25) is 0 Å². The summed E-state index contributed by atoms with van der Waals surface area (Å²) in [6, 6.07) is 6.79. The van der Waals surface area contributed by atoms with Crippen molar-refractivity contribution in [2.24, 2.45) is 23.7 Å². The summed E-state index contributed by atoms with van der Waals surface area (Å²) in [5, 5.41) is 9.13. The molecule has 1 aromatic rings. The first-order valence-corrected chi connectivity index (χ1v) is 11.4. The van der Waals surface area contributed by atoms with Gasteiger partial charge in [-0.2, -0.15) is 0 Å². The Labute approximate surface area is 182 Å². The van der Waals surface area contributed by atoms with Crippen molar-refractivity contribution in [2.45, 2.75) is 83.5 Å². The molecule has 1 aliphatic carbocycles. The van der Waals surface area contributed by atoms with E-state index in [1.165, 1.54) is 0 Å². The number of ether oxygens (including phenoxy) is 3. The number of fused-ring (bicyclic) bond motifs is 2. The average Bonchev–Trinajstić information content (AvgIpc) is 2.98. The van der Waals surface area contributed by atoms with Gasteiger partial charge in [-0.1, -0.05) is 26.0 Å². The van der Waals surface area contributed by atoms with Crippen LogP contribution in [0, 0.1) is 23.7 Å². The number of carbonyl (C=O) groups is 1. The van der Waals surface area contributed by atoms with Crippen LogP contribution in [0.3, 0.4) is 0 Å². The van der Waals surface area contributed by atoms with E-state index in [4.69, 9.17) is 29.1 Å². The van der Waals surface area contributed by atoms with E-state index in [0.717, 1.165) is 31.2 Å². The molecule has 7 heteroatoms.